The van der Waals surface area contributed by atoms with E-state index in [1.807, 2.05) is 22.8 Å². The van der Waals surface area contributed by atoms with Gasteiger partial charge < -0.3 is 14.8 Å². The molecule has 2 amide bonds. The van der Waals surface area contributed by atoms with Crippen LogP contribution in [0.1, 0.15) is 90.0 Å². The number of aromatic amines is 1. The van der Waals surface area contributed by atoms with Gasteiger partial charge in [-0.1, -0.05) is 83.4 Å². The topological polar surface area (TPSA) is 56.4 Å². The molecular formula is C28H43N3O2. The second-order valence-corrected chi connectivity index (χ2v) is 9.52. The molecule has 1 aromatic carbocycles. The summed E-state index contributed by atoms with van der Waals surface area (Å²) in [6, 6.07) is 7.99. The summed E-state index contributed by atoms with van der Waals surface area (Å²) in [4.78, 5) is 33.1. The Labute approximate surface area is 199 Å². The predicted molar refractivity (Wildman–Crippen MR) is 136 cm³/mol. The molecule has 33 heavy (non-hydrogen) atoms. The maximum Gasteiger partial charge on any atom is 0.245 e. The molecule has 2 aromatic rings. The van der Waals surface area contributed by atoms with Gasteiger partial charge in [0.2, 0.25) is 11.8 Å². The fraction of sp³-hybridized carbons (Fsp3) is 0.643. The molecule has 2 heterocycles. The Morgan fingerprint density at radius 2 is 1.67 bits per heavy atom. The van der Waals surface area contributed by atoms with E-state index in [1.165, 1.54) is 55.9 Å². The smallest absolute Gasteiger partial charge is 0.245 e. The summed E-state index contributed by atoms with van der Waals surface area (Å²) in [5.41, 5.74) is 2.38. The SMILES string of the molecule is CCCCCCCCCCCC(=O)N1CCN(CCc2c[nH]c3ccccc23)C(=O)C1CC. The molecule has 1 atom stereocenters. The number of para-hydroxylation sites is 1. The van der Waals surface area contributed by atoms with Crippen LogP contribution in [0, 0.1) is 0 Å². The minimum absolute atomic E-state index is 0.115. The number of aromatic nitrogens is 1. The number of carbonyl (C=O) groups is 2. The van der Waals surface area contributed by atoms with Gasteiger partial charge in [0.25, 0.3) is 0 Å². The van der Waals surface area contributed by atoms with E-state index in [9.17, 15) is 9.59 Å². The van der Waals surface area contributed by atoms with E-state index in [4.69, 9.17) is 0 Å². The zero-order chi connectivity index (χ0) is 23.5. The number of hydrogen-bond acceptors (Lipinski definition) is 2. The van der Waals surface area contributed by atoms with Crippen LogP contribution in [0.15, 0.2) is 30.5 Å². The molecule has 5 heteroatoms. The van der Waals surface area contributed by atoms with Crippen LogP contribution in [-0.4, -0.2) is 52.3 Å². The van der Waals surface area contributed by atoms with E-state index >= 15 is 0 Å². The molecule has 0 aliphatic carbocycles. The average Bonchev–Trinajstić information content (AvgIpc) is 3.25. The summed E-state index contributed by atoms with van der Waals surface area (Å²) < 4.78 is 0. The number of unbranched alkanes of at least 4 members (excludes halogenated alkanes) is 8. The van der Waals surface area contributed by atoms with Crippen LogP contribution in [0.4, 0.5) is 0 Å². The molecule has 0 saturated carbocycles. The third-order valence-corrected chi connectivity index (χ3v) is 7.11. The molecule has 1 fully saturated rings. The summed E-state index contributed by atoms with van der Waals surface area (Å²) in [5.74, 6) is 0.276. The van der Waals surface area contributed by atoms with Crippen molar-refractivity contribution in [2.45, 2.75) is 96.9 Å². The number of amides is 2. The number of H-pyrrole nitrogens is 1. The summed E-state index contributed by atoms with van der Waals surface area (Å²) in [6.07, 6.45) is 15.4. The van der Waals surface area contributed by atoms with Crippen LogP contribution in [0.2, 0.25) is 0 Å². The maximum atomic E-state index is 13.1. The maximum absolute atomic E-state index is 13.1. The Morgan fingerprint density at radius 3 is 2.39 bits per heavy atom. The van der Waals surface area contributed by atoms with Crippen molar-refractivity contribution < 1.29 is 9.59 Å². The Hall–Kier alpha value is -2.30. The Balaban J connectivity index is 1.40. The first-order valence-corrected chi connectivity index (χ1v) is 13.3. The molecule has 0 bridgehead atoms. The molecule has 1 aromatic heterocycles. The first kappa shape index (κ1) is 25.3. The second-order valence-electron chi connectivity index (χ2n) is 9.52. The van der Waals surface area contributed by atoms with Crippen LogP contribution >= 0.6 is 0 Å². The minimum Gasteiger partial charge on any atom is -0.361 e. The number of fused-ring (bicyclic) bond motifs is 1. The van der Waals surface area contributed by atoms with E-state index in [2.05, 4.69) is 36.3 Å². The van der Waals surface area contributed by atoms with Gasteiger partial charge in [0.05, 0.1) is 0 Å². The van der Waals surface area contributed by atoms with Crippen LogP contribution < -0.4 is 0 Å². The Kier molecular flexibility index (Phi) is 10.3. The molecule has 0 radical (unpaired) electrons. The number of piperazine rings is 1. The van der Waals surface area contributed by atoms with Gasteiger partial charge in [-0.2, -0.15) is 0 Å². The minimum atomic E-state index is -0.298. The molecule has 0 spiro atoms. The summed E-state index contributed by atoms with van der Waals surface area (Å²) in [6.45, 7) is 6.27. The third kappa shape index (κ3) is 7.09. The molecule has 1 saturated heterocycles. The summed E-state index contributed by atoms with van der Waals surface area (Å²) >= 11 is 0. The predicted octanol–water partition coefficient (Wildman–Crippen LogP) is 6.08. The van der Waals surface area contributed by atoms with Gasteiger partial charge in [0.15, 0.2) is 0 Å². The standard InChI is InChI=1S/C28H43N3O2/c1-3-5-6-7-8-9-10-11-12-17-27(32)31-21-20-30(28(33)26(31)4-2)19-18-23-22-29-25-16-14-13-15-24(23)25/h13-16,22,26,29H,3-12,17-21H2,1-2H3. The van der Waals surface area contributed by atoms with Crippen LogP contribution in [0.5, 0.6) is 0 Å². The van der Waals surface area contributed by atoms with Crippen molar-refractivity contribution in [3.05, 3.63) is 36.0 Å². The lowest BCUT2D eigenvalue weighted by molar-refractivity contribution is -0.151. The Morgan fingerprint density at radius 1 is 0.970 bits per heavy atom. The van der Waals surface area contributed by atoms with Gasteiger partial charge in [-0.05, 0) is 30.9 Å². The van der Waals surface area contributed by atoms with E-state index in [0.29, 0.717) is 32.5 Å². The lowest BCUT2D eigenvalue weighted by Gasteiger charge is -2.40. The van der Waals surface area contributed by atoms with Gasteiger partial charge in [-0.3, -0.25) is 9.59 Å². The highest BCUT2D eigenvalue weighted by Crippen LogP contribution is 2.21. The molecule has 5 nitrogen and oxygen atoms in total. The normalized spacial score (nSPS) is 16.7. The highest BCUT2D eigenvalue weighted by atomic mass is 16.2. The highest BCUT2D eigenvalue weighted by molar-refractivity contribution is 5.89. The van der Waals surface area contributed by atoms with Crippen molar-refractivity contribution in [1.82, 2.24) is 14.8 Å². The number of benzene rings is 1. The van der Waals surface area contributed by atoms with E-state index in [1.54, 1.807) is 0 Å². The van der Waals surface area contributed by atoms with Crippen LogP contribution in [-0.2, 0) is 16.0 Å². The number of carbonyl (C=O) groups excluding carboxylic acids is 2. The lowest BCUT2D eigenvalue weighted by Crippen LogP contribution is -2.58. The van der Waals surface area contributed by atoms with Crippen molar-refractivity contribution in [2.75, 3.05) is 19.6 Å². The molecule has 1 N–H and O–H groups in total. The van der Waals surface area contributed by atoms with Crippen LogP contribution in [0.3, 0.4) is 0 Å². The zero-order valence-corrected chi connectivity index (χ0v) is 20.8. The van der Waals surface area contributed by atoms with Gasteiger partial charge in [0, 0.05) is 43.2 Å². The van der Waals surface area contributed by atoms with Gasteiger partial charge in [0.1, 0.15) is 6.04 Å². The molecular weight excluding hydrogens is 410 g/mol. The molecule has 3 rings (SSSR count). The van der Waals surface area contributed by atoms with E-state index in [0.717, 1.165) is 24.8 Å². The molecule has 182 valence electrons. The van der Waals surface area contributed by atoms with Crippen molar-refractivity contribution in [3.8, 4) is 0 Å². The first-order chi connectivity index (χ1) is 16.2. The largest absolute Gasteiger partial charge is 0.361 e. The highest BCUT2D eigenvalue weighted by Gasteiger charge is 2.35. The fourth-order valence-corrected chi connectivity index (χ4v) is 5.08. The lowest BCUT2D eigenvalue weighted by atomic mass is 10.0. The van der Waals surface area contributed by atoms with Crippen molar-refractivity contribution in [3.63, 3.8) is 0 Å². The summed E-state index contributed by atoms with van der Waals surface area (Å²) in [5, 5.41) is 1.23. The van der Waals surface area contributed by atoms with Crippen LogP contribution in [0.25, 0.3) is 10.9 Å². The monoisotopic (exact) mass is 453 g/mol. The van der Waals surface area contributed by atoms with Gasteiger partial charge in [-0.15, -0.1) is 0 Å². The van der Waals surface area contributed by atoms with E-state index in [-0.39, 0.29) is 17.9 Å². The average molecular weight is 454 g/mol. The fourth-order valence-electron chi connectivity index (χ4n) is 5.08. The quantitative estimate of drug-likeness (QED) is 0.352. The van der Waals surface area contributed by atoms with Crippen molar-refractivity contribution >= 4 is 22.7 Å². The van der Waals surface area contributed by atoms with Gasteiger partial charge in [-0.25, -0.2) is 0 Å². The molecule has 1 unspecified atom stereocenters. The Bertz CT molecular complexity index is 875. The zero-order valence-electron chi connectivity index (χ0n) is 20.8. The van der Waals surface area contributed by atoms with Crippen molar-refractivity contribution in [1.29, 1.82) is 0 Å². The number of rotatable bonds is 14. The summed E-state index contributed by atoms with van der Waals surface area (Å²) in [7, 11) is 0. The first-order valence-electron chi connectivity index (χ1n) is 13.3. The third-order valence-electron chi connectivity index (χ3n) is 7.11. The number of nitrogens with one attached hydrogen (secondary N) is 1. The van der Waals surface area contributed by atoms with Crippen molar-refractivity contribution in [2.24, 2.45) is 0 Å². The molecule has 1 aliphatic heterocycles. The van der Waals surface area contributed by atoms with E-state index < -0.39 is 0 Å². The number of nitrogens with zero attached hydrogens (tertiary/aromatic N) is 2. The van der Waals surface area contributed by atoms with Gasteiger partial charge >= 0.3 is 0 Å². The number of hydrogen-bond donors (Lipinski definition) is 1. The molecule has 1 aliphatic rings. The second kappa shape index (κ2) is 13.4.